The number of nitro groups is 1. The summed E-state index contributed by atoms with van der Waals surface area (Å²) in [7, 11) is 0. The number of thioether (sulfide) groups is 1. The van der Waals surface area contributed by atoms with E-state index in [1.54, 1.807) is 20.8 Å². The van der Waals surface area contributed by atoms with Gasteiger partial charge in [-0.3, -0.25) is 14.9 Å². The normalized spacial score (nSPS) is 11.6. The van der Waals surface area contributed by atoms with Crippen LogP contribution in [0.1, 0.15) is 31.1 Å². The maximum Gasteiger partial charge on any atom is 0.338 e. The average molecular weight is 327 g/mol. The van der Waals surface area contributed by atoms with Crippen molar-refractivity contribution >= 4 is 29.4 Å². The van der Waals surface area contributed by atoms with E-state index in [0.717, 1.165) is 17.8 Å². The molecular weight excluding hydrogens is 310 g/mol. The van der Waals surface area contributed by atoms with Crippen molar-refractivity contribution in [2.45, 2.75) is 30.9 Å². The van der Waals surface area contributed by atoms with Gasteiger partial charge in [0.1, 0.15) is 5.25 Å². The molecule has 0 aromatic heterocycles. The first kappa shape index (κ1) is 18.0. The molecule has 0 saturated heterocycles. The van der Waals surface area contributed by atoms with Gasteiger partial charge in [-0.1, -0.05) is 0 Å². The molecule has 0 unspecified atom stereocenters. The zero-order valence-corrected chi connectivity index (χ0v) is 13.3. The number of benzene rings is 1. The van der Waals surface area contributed by atoms with Gasteiger partial charge in [-0.2, -0.15) is 0 Å². The molecule has 22 heavy (non-hydrogen) atoms. The van der Waals surface area contributed by atoms with E-state index in [0.29, 0.717) is 4.90 Å². The molecule has 0 heterocycles. The molecule has 120 valence electrons. The van der Waals surface area contributed by atoms with Crippen LogP contribution in [0.4, 0.5) is 5.69 Å². The molecule has 8 heteroatoms. The standard InChI is InChI=1S/C14H17NO6S/c1-4-20-13(16)9(3)22-12-7-6-10(14(17)21-5-2)8-11(12)15(18)19/h6-9H,4-5H2,1-3H3/t9-/m1/s1. The quantitative estimate of drug-likeness (QED) is 0.329. The molecule has 1 atom stereocenters. The third-order valence-corrected chi connectivity index (χ3v) is 3.73. The van der Waals surface area contributed by atoms with Crippen molar-refractivity contribution in [3.05, 3.63) is 33.9 Å². The first-order valence-electron chi connectivity index (χ1n) is 6.69. The molecule has 7 nitrogen and oxygen atoms in total. The highest BCUT2D eigenvalue weighted by molar-refractivity contribution is 8.00. The summed E-state index contributed by atoms with van der Waals surface area (Å²) in [5, 5.41) is 10.6. The molecule has 0 N–H and O–H groups in total. The molecule has 0 aliphatic heterocycles. The molecule has 1 aromatic rings. The summed E-state index contributed by atoms with van der Waals surface area (Å²) in [6.45, 7) is 5.37. The van der Waals surface area contributed by atoms with E-state index in [-0.39, 0.29) is 24.5 Å². The maximum absolute atomic E-state index is 11.6. The number of hydrogen-bond donors (Lipinski definition) is 0. The summed E-state index contributed by atoms with van der Waals surface area (Å²) in [6, 6.07) is 4.02. The lowest BCUT2D eigenvalue weighted by molar-refractivity contribution is -0.387. The Balaban J connectivity index is 3.02. The summed E-state index contributed by atoms with van der Waals surface area (Å²) >= 11 is 1.01. The van der Waals surface area contributed by atoms with Crippen molar-refractivity contribution in [1.82, 2.24) is 0 Å². The van der Waals surface area contributed by atoms with Crippen LogP contribution in [0.3, 0.4) is 0 Å². The fraction of sp³-hybridized carbons (Fsp3) is 0.429. The summed E-state index contributed by atoms with van der Waals surface area (Å²) in [5.41, 5.74) is -0.145. The van der Waals surface area contributed by atoms with Crippen LogP contribution in [0, 0.1) is 10.1 Å². The number of carbonyl (C=O) groups excluding carboxylic acids is 2. The van der Waals surface area contributed by atoms with Crippen molar-refractivity contribution in [2.24, 2.45) is 0 Å². The Hall–Kier alpha value is -2.09. The summed E-state index contributed by atoms with van der Waals surface area (Å²) in [6.07, 6.45) is 0. The van der Waals surface area contributed by atoms with E-state index >= 15 is 0 Å². The highest BCUT2D eigenvalue weighted by atomic mass is 32.2. The monoisotopic (exact) mass is 327 g/mol. The minimum Gasteiger partial charge on any atom is -0.465 e. The van der Waals surface area contributed by atoms with Gasteiger partial charge in [0.25, 0.3) is 5.69 Å². The van der Waals surface area contributed by atoms with E-state index in [2.05, 4.69) is 0 Å². The van der Waals surface area contributed by atoms with Crippen molar-refractivity contribution in [3.8, 4) is 0 Å². The first-order chi connectivity index (χ1) is 10.4. The summed E-state index contributed by atoms with van der Waals surface area (Å²) < 4.78 is 9.68. The second kappa shape index (κ2) is 8.38. The van der Waals surface area contributed by atoms with Crippen LogP contribution < -0.4 is 0 Å². The summed E-state index contributed by atoms with van der Waals surface area (Å²) in [5.74, 6) is -1.07. The van der Waals surface area contributed by atoms with Gasteiger partial charge in [0.15, 0.2) is 0 Å². The molecular formula is C14H17NO6S. The van der Waals surface area contributed by atoms with E-state index in [4.69, 9.17) is 9.47 Å². The van der Waals surface area contributed by atoms with Crippen molar-refractivity contribution in [2.75, 3.05) is 13.2 Å². The Morgan fingerprint density at radius 1 is 1.27 bits per heavy atom. The predicted octanol–water partition coefficient (Wildman–Crippen LogP) is 2.82. The Morgan fingerprint density at radius 3 is 2.45 bits per heavy atom. The lowest BCUT2D eigenvalue weighted by atomic mass is 10.2. The lowest BCUT2D eigenvalue weighted by Crippen LogP contribution is -2.16. The summed E-state index contributed by atoms with van der Waals surface area (Å²) in [4.78, 5) is 34.1. The molecule has 0 aliphatic carbocycles. The van der Waals surface area contributed by atoms with Crippen molar-refractivity contribution in [1.29, 1.82) is 0 Å². The van der Waals surface area contributed by atoms with E-state index < -0.39 is 22.1 Å². The van der Waals surface area contributed by atoms with Gasteiger partial charge in [0, 0.05) is 6.07 Å². The van der Waals surface area contributed by atoms with E-state index in [9.17, 15) is 19.7 Å². The van der Waals surface area contributed by atoms with Crippen LogP contribution in [0.25, 0.3) is 0 Å². The van der Waals surface area contributed by atoms with Gasteiger partial charge in [0.2, 0.25) is 0 Å². The van der Waals surface area contributed by atoms with Crippen molar-refractivity contribution < 1.29 is 24.0 Å². The van der Waals surface area contributed by atoms with Gasteiger partial charge < -0.3 is 9.47 Å². The van der Waals surface area contributed by atoms with Gasteiger partial charge in [-0.05, 0) is 32.9 Å². The van der Waals surface area contributed by atoms with Gasteiger partial charge in [-0.25, -0.2) is 4.79 Å². The topological polar surface area (TPSA) is 95.7 Å². The smallest absolute Gasteiger partial charge is 0.338 e. The van der Waals surface area contributed by atoms with Crippen LogP contribution in [0.2, 0.25) is 0 Å². The zero-order chi connectivity index (χ0) is 16.7. The SMILES string of the molecule is CCOC(=O)c1ccc(S[C@H](C)C(=O)OCC)c([N+](=O)[O-])c1. The number of nitro benzene ring substituents is 1. The van der Waals surface area contributed by atoms with Crippen molar-refractivity contribution in [3.63, 3.8) is 0 Å². The molecule has 0 aliphatic rings. The molecule has 0 amide bonds. The molecule has 0 saturated carbocycles. The first-order valence-corrected chi connectivity index (χ1v) is 7.57. The average Bonchev–Trinajstić information content (AvgIpc) is 2.47. The highest BCUT2D eigenvalue weighted by Gasteiger charge is 2.23. The Labute approximate surface area is 132 Å². The molecule has 0 fully saturated rings. The van der Waals surface area contributed by atoms with E-state index in [1.165, 1.54) is 12.1 Å². The van der Waals surface area contributed by atoms with Gasteiger partial charge in [0.05, 0.1) is 28.6 Å². The molecule has 0 spiro atoms. The highest BCUT2D eigenvalue weighted by Crippen LogP contribution is 2.33. The zero-order valence-electron chi connectivity index (χ0n) is 12.5. The fourth-order valence-corrected chi connectivity index (χ4v) is 2.55. The number of ether oxygens (including phenoxy) is 2. The van der Waals surface area contributed by atoms with Crippen LogP contribution in [0.5, 0.6) is 0 Å². The largest absolute Gasteiger partial charge is 0.465 e. The van der Waals surface area contributed by atoms with Crippen LogP contribution in [-0.2, 0) is 14.3 Å². The van der Waals surface area contributed by atoms with Crippen LogP contribution in [0.15, 0.2) is 23.1 Å². The Bertz CT molecular complexity index is 574. The Kier molecular flexibility index (Phi) is 6.84. The van der Waals surface area contributed by atoms with Gasteiger partial charge in [-0.15, -0.1) is 11.8 Å². The van der Waals surface area contributed by atoms with E-state index in [1.807, 2.05) is 0 Å². The molecule has 1 aromatic carbocycles. The number of hydrogen-bond acceptors (Lipinski definition) is 7. The number of nitrogens with zero attached hydrogens (tertiary/aromatic N) is 1. The third kappa shape index (κ3) is 4.73. The predicted molar refractivity (Wildman–Crippen MR) is 81.0 cm³/mol. The maximum atomic E-state index is 11.6. The number of esters is 2. The second-order valence-electron chi connectivity index (χ2n) is 4.17. The lowest BCUT2D eigenvalue weighted by Gasteiger charge is -2.11. The Morgan fingerprint density at radius 2 is 1.91 bits per heavy atom. The third-order valence-electron chi connectivity index (χ3n) is 2.59. The molecule has 0 radical (unpaired) electrons. The molecule has 1 rings (SSSR count). The number of rotatable bonds is 7. The van der Waals surface area contributed by atoms with Gasteiger partial charge >= 0.3 is 11.9 Å². The second-order valence-corrected chi connectivity index (χ2v) is 5.55. The minimum atomic E-state index is -0.624. The minimum absolute atomic E-state index is 0.0988. The number of carbonyl (C=O) groups is 2. The van der Waals surface area contributed by atoms with Crippen LogP contribution in [-0.4, -0.2) is 35.3 Å². The fourth-order valence-electron chi connectivity index (χ4n) is 1.60. The van der Waals surface area contributed by atoms with Crippen LogP contribution >= 0.6 is 11.8 Å². The molecule has 0 bridgehead atoms.